The van der Waals surface area contributed by atoms with Gasteiger partial charge in [-0.25, -0.2) is 9.37 Å². The van der Waals surface area contributed by atoms with Crippen LogP contribution in [0.1, 0.15) is 19.3 Å². The summed E-state index contributed by atoms with van der Waals surface area (Å²) in [6, 6.07) is 3.19. The molecule has 1 N–H and O–H groups in total. The molecule has 2 fully saturated rings. The van der Waals surface area contributed by atoms with Gasteiger partial charge in [-0.15, -0.1) is 0 Å². The van der Waals surface area contributed by atoms with E-state index < -0.39 is 17.2 Å². The molecule has 3 heterocycles. The van der Waals surface area contributed by atoms with E-state index in [2.05, 4.69) is 14.9 Å². The fourth-order valence-electron chi connectivity index (χ4n) is 4.07. The number of aliphatic carboxylic acids is 1. The van der Waals surface area contributed by atoms with Crippen molar-refractivity contribution in [1.29, 1.82) is 0 Å². The molecule has 0 radical (unpaired) electrons. The summed E-state index contributed by atoms with van der Waals surface area (Å²) in [7, 11) is 0. The van der Waals surface area contributed by atoms with E-state index in [9.17, 15) is 14.3 Å². The second kappa shape index (κ2) is 4.63. The number of pyridine rings is 2. The minimum Gasteiger partial charge on any atom is -0.481 e. The third-order valence-corrected chi connectivity index (χ3v) is 5.16. The quantitative estimate of drug-likeness (QED) is 0.923. The summed E-state index contributed by atoms with van der Waals surface area (Å²) < 4.78 is 13.3. The summed E-state index contributed by atoms with van der Waals surface area (Å²) in [6.45, 7) is 1.20. The van der Waals surface area contributed by atoms with E-state index in [1.165, 1.54) is 12.3 Å². The van der Waals surface area contributed by atoms with Gasteiger partial charge in [0.1, 0.15) is 11.3 Å². The highest BCUT2D eigenvalue weighted by Gasteiger charge is 2.55. The fraction of sp³-hybridized carbons (Fsp3) is 0.438. The minimum absolute atomic E-state index is 0.175. The fourth-order valence-corrected chi connectivity index (χ4v) is 4.07. The molecule has 2 aliphatic rings. The molecule has 114 valence electrons. The van der Waals surface area contributed by atoms with E-state index in [0.29, 0.717) is 24.1 Å². The first-order valence-corrected chi connectivity index (χ1v) is 7.49. The van der Waals surface area contributed by atoms with E-state index >= 15 is 0 Å². The molecular formula is C16H16FN3O2. The van der Waals surface area contributed by atoms with Crippen LogP contribution >= 0.6 is 0 Å². The molecule has 5 nitrogen and oxygen atoms in total. The molecule has 2 aromatic rings. The molecule has 0 amide bonds. The molecule has 1 saturated carbocycles. The molecule has 0 spiro atoms. The van der Waals surface area contributed by atoms with E-state index in [-0.39, 0.29) is 5.92 Å². The highest BCUT2D eigenvalue weighted by molar-refractivity contribution is 5.88. The first-order valence-electron chi connectivity index (χ1n) is 7.49. The van der Waals surface area contributed by atoms with Gasteiger partial charge < -0.3 is 10.0 Å². The molecule has 1 saturated heterocycles. The van der Waals surface area contributed by atoms with Gasteiger partial charge in [0.25, 0.3) is 0 Å². The number of anilines is 1. The van der Waals surface area contributed by atoms with Crippen molar-refractivity contribution in [3.63, 3.8) is 0 Å². The second-order valence-corrected chi connectivity index (χ2v) is 6.28. The van der Waals surface area contributed by atoms with E-state index in [1.54, 1.807) is 6.20 Å². The summed E-state index contributed by atoms with van der Waals surface area (Å²) in [4.78, 5) is 22.2. The van der Waals surface area contributed by atoms with Gasteiger partial charge >= 0.3 is 5.97 Å². The Kier molecular flexibility index (Phi) is 2.82. The van der Waals surface area contributed by atoms with Crippen LogP contribution in [-0.4, -0.2) is 34.1 Å². The molecule has 4 rings (SSSR count). The molecule has 22 heavy (non-hydrogen) atoms. The number of carboxylic acids is 1. The Hall–Kier alpha value is -2.24. The average molecular weight is 301 g/mol. The number of hydrogen-bond acceptors (Lipinski definition) is 4. The predicted molar refractivity (Wildman–Crippen MR) is 79.1 cm³/mol. The van der Waals surface area contributed by atoms with Gasteiger partial charge in [0.2, 0.25) is 0 Å². The van der Waals surface area contributed by atoms with Crippen LogP contribution in [0.25, 0.3) is 11.0 Å². The third-order valence-electron chi connectivity index (χ3n) is 5.16. The molecule has 0 unspecified atom stereocenters. The van der Waals surface area contributed by atoms with Gasteiger partial charge in [-0.1, -0.05) is 6.42 Å². The zero-order valence-corrected chi connectivity index (χ0v) is 12.0. The number of rotatable bonds is 2. The average Bonchev–Trinajstić information content (AvgIpc) is 3.04. The number of hydrogen-bond donors (Lipinski definition) is 1. The third kappa shape index (κ3) is 1.79. The molecule has 6 heteroatoms. The molecule has 1 aliphatic heterocycles. The largest absolute Gasteiger partial charge is 0.481 e. The SMILES string of the molecule is O=C(O)[C@@]12CCC[C@H]1CN(c1ccnc3cc(F)cnc13)C2. The topological polar surface area (TPSA) is 66.3 Å². The van der Waals surface area contributed by atoms with Crippen LogP contribution in [-0.2, 0) is 4.79 Å². The van der Waals surface area contributed by atoms with Gasteiger partial charge in [0, 0.05) is 25.4 Å². The van der Waals surface area contributed by atoms with Crippen molar-refractivity contribution in [1.82, 2.24) is 9.97 Å². The number of carbonyl (C=O) groups is 1. The first-order chi connectivity index (χ1) is 10.6. The van der Waals surface area contributed by atoms with Crippen LogP contribution in [0.5, 0.6) is 0 Å². The van der Waals surface area contributed by atoms with Gasteiger partial charge in [-0.2, -0.15) is 0 Å². The summed E-state index contributed by atoms with van der Waals surface area (Å²) in [6.07, 6.45) is 5.46. The lowest BCUT2D eigenvalue weighted by Gasteiger charge is -2.24. The van der Waals surface area contributed by atoms with E-state index in [1.807, 2.05) is 6.07 Å². The minimum atomic E-state index is -0.699. The maximum atomic E-state index is 13.3. The lowest BCUT2D eigenvalue weighted by Crippen LogP contribution is -2.35. The van der Waals surface area contributed by atoms with Crippen molar-refractivity contribution < 1.29 is 14.3 Å². The Labute approximate surface area is 126 Å². The first kappa shape index (κ1) is 13.4. The Morgan fingerprint density at radius 3 is 3.09 bits per heavy atom. The molecule has 2 atom stereocenters. The Morgan fingerprint density at radius 2 is 2.32 bits per heavy atom. The summed E-state index contributed by atoms with van der Waals surface area (Å²) in [5.74, 6) is -0.944. The number of fused-ring (bicyclic) bond motifs is 2. The van der Waals surface area contributed by atoms with Crippen LogP contribution in [0.2, 0.25) is 0 Å². The van der Waals surface area contributed by atoms with Crippen molar-refractivity contribution in [3.05, 3.63) is 30.3 Å². The van der Waals surface area contributed by atoms with Gasteiger partial charge in [-0.05, 0) is 24.8 Å². The van der Waals surface area contributed by atoms with Crippen LogP contribution < -0.4 is 4.90 Å². The van der Waals surface area contributed by atoms with E-state index in [0.717, 1.165) is 24.9 Å². The second-order valence-electron chi connectivity index (χ2n) is 6.28. The highest BCUT2D eigenvalue weighted by Crippen LogP contribution is 2.50. The van der Waals surface area contributed by atoms with Gasteiger partial charge in [-0.3, -0.25) is 9.78 Å². The summed E-state index contributed by atoms with van der Waals surface area (Å²) in [5, 5.41) is 9.68. The van der Waals surface area contributed by atoms with Crippen LogP contribution in [0.15, 0.2) is 24.5 Å². The maximum Gasteiger partial charge on any atom is 0.311 e. The molecular weight excluding hydrogens is 285 g/mol. The maximum absolute atomic E-state index is 13.3. The molecule has 0 aromatic carbocycles. The highest BCUT2D eigenvalue weighted by atomic mass is 19.1. The Bertz CT molecular complexity index is 766. The Morgan fingerprint density at radius 1 is 1.45 bits per heavy atom. The number of carboxylic acid groups (broad SMARTS) is 1. The summed E-state index contributed by atoms with van der Waals surface area (Å²) in [5.41, 5.74) is 1.33. The number of aromatic nitrogens is 2. The van der Waals surface area contributed by atoms with Crippen molar-refractivity contribution in [2.45, 2.75) is 19.3 Å². The van der Waals surface area contributed by atoms with E-state index in [4.69, 9.17) is 0 Å². The zero-order valence-electron chi connectivity index (χ0n) is 12.0. The smallest absolute Gasteiger partial charge is 0.311 e. The van der Waals surface area contributed by atoms with Gasteiger partial charge in [0.05, 0.1) is 22.8 Å². The zero-order chi connectivity index (χ0) is 15.3. The number of halogens is 1. The monoisotopic (exact) mass is 301 g/mol. The number of nitrogens with zero attached hydrogens (tertiary/aromatic N) is 3. The standard InChI is InChI=1S/C16H16FN3O2/c17-11-6-12-14(19-7-11)13(3-5-18-12)20-8-10-2-1-4-16(10,9-20)15(21)22/h3,5-7,10H,1-2,4,8-9H2,(H,21,22)/t10-,16+/m0/s1. The Balaban J connectivity index is 1.77. The lowest BCUT2D eigenvalue weighted by molar-refractivity contribution is -0.149. The van der Waals surface area contributed by atoms with Crippen molar-refractivity contribution in [2.75, 3.05) is 18.0 Å². The van der Waals surface area contributed by atoms with Crippen LogP contribution in [0.4, 0.5) is 10.1 Å². The van der Waals surface area contributed by atoms with Crippen molar-refractivity contribution in [2.24, 2.45) is 11.3 Å². The molecule has 0 bridgehead atoms. The van der Waals surface area contributed by atoms with Crippen LogP contribution in [0.3, 0.4) is 0 Å². The van der Waals surface area contributed by atoms with Crippen molar-refractivity contribution >= 4 is 22.7 Å². The molecule has 2 aromatic heterocycles. The van der Waals surface area contributed by atoms with Gasteiger partial charge in [0.15, 0.2) is 0 Å². The van der Waals surface area contributed by atoms with Crippen molar-refractivity contribution in [3.8, 4) is 0 Å². The lowest BCUT2D eigenvalue weighted by atomic mass is 9.81. The normalized spacial score (nSPS) is 27.3. The van der Waals surface area contributed by atoms with Crippen LogP contribution in [0, 0.1) is 17.2 Å². The predicted octanol–water partition coefficient (Wildman–Crippen LogP) is 2.46. The summed E-state index contributed by atoms with van der Waals surface area (Å²) >= 11 is 0. The molecule has 1 aliphatic carbocycles.